The molecule has 0 aromatic rings. The number of halogens is 4. The van der Waals surface area contributed by atoms with Gasteiger partial charge in [-0.25, -0.2) is 41.5 Å². The van der Waals surface area contributed by atoms with Crippen LogP contribution in [0.2, 0.25) is 0 Å². The van der Waals surface area contributed by atoms with Crippen molar-refractivity contribution >= 4 is 47.8 Å². The molecule has 2 N–H and O–H groups in total. The zero-order chi connectivity index (χ0) is 55.7. The molecule has 0 saturated carbocycles. The summed E-state index contributed by atoms with van der Waals surface area (Å²) in [4.78, 5) is 85.7. The molecular formula is C48H82F4O16. The highest BCUT2D eigenvalue weighted by molar-refractivity contribution is 5.88. The molecule has 20 heteroatoms. The van der Waals surface area contributed by atoms with E-state index in [0.717, 1.165) is 31.8 Å². The van der Waals surface area contributed by atoms with Crippen LogP contribution in [0.1, 0.15) is 157 Å². The monoisotopic (exact) mass is 991 g/mol. The van der Waals surface area contributed by atoms with E-state index in [4.69, 9.17) is 19.7 Å². The fourth-order valence-corrected chi connectivity index (χ4v) is 2.40. The third-order valence-electron chi connectivity index (χ3n) is 8.83. The molecule has 0 spiro atoms. The Morgan fingerprint density at radius 1 is 0.544 bits per heavy atom. The molecule has 1 unspecified atom stereocenters. The molecule has 1 atom stereocenters. The second-order valence-electron chi connectivity index (χ2n) is 17.8. The average Bonchev–Trinajstić information content (AvgIpc) is 3.22. The predicted octanol–water partition coefficient (Wildman–Crippen LogP) is 10.3. The Kier molecular flexibility index (Phi) is 39.1. The first-order valence-electron chi connectivity index (χ1n) is 21.7. The zero-order valence-corrected chi connectivity index (χ0v) is 43.8. The van der Waals surface area contributed by atoms with Crippen LogP contribution in [-0.2, 0) is 66.8 Å². The number of esters is 6. The molecule has 0 rings (SSSR count). The van der Waals surface area contributed by atoms with Gasteiger partial charge in [0.25, 0.3) is 11.8 Å². The second-order valence-corrected chi connectivity index (χ2v) is 17.8. The molecule has 398 valence electrons. The van der Waals surface area contributed by atoms with E-state index >= 15 is 0 Å². The van der Waals surface area contributed by atoms with Gasteiger partial charge in [0.1, 0.15) is 11.2 Å². The molecule has 16 nitrogen and oxygen atoms in total. The smallest absolute Gasteiger partial charge is 0.344 e. The number of carbonyl (C=O) groups is 8. The minimum atomic E-state index is -3.09. The molecule has 0 aliphatic carbocycles. The Labute approximate surface area is 401 Å². The Hall–Kier alpha value is -5.30. The number of ether oxygens (including phenoxy) is 6. The number of carbonyl (C=O) groups excluding carboxylic acids is 6. The van der Waals surface area contributed by atoms with Gasteiger partial charge in [-0.1, -0.05) is 61.3 Å². The van der Waals surface area contributed by atoms with Crippen LogP contribution in [0.3, 0.4) is 0 Å². The van der Waals surface area contributed by atoms with E-state index < -0.39 is 79.5 Å². The normalized spacial score (nSPS) is 11.4. The standard InChI is InChI=1S/C11H18F2O4.C11H22O2.C9H12F2O4.C9H16O2.C5H10O2.C3H4O2/c1-5-10(2,3)9(15)16-6-8(14)17-7-11(4,12)13;1-7-10(3,4)9(12)13-11(5,6)8-2;1-6(2)8(13)14-4-7(12)15-5-9(3,10)11;1-6-9(4,5)11-8(10)7(2)3;1-3-4(2)5(6)7;1-2-3(4)5/h5-7H2,1-4H3;7-8H2,1-6H3;1,4-5H2,2-3H3;2,6H2,1,3-5H3;4H,3H2,1-2H3,(H,6,7);2H,1H2,(H,4,5). The van der Waals surface area contributed by atoms with Gasteiger partial charge in [0.2, 0.25) is 0 Å². The molecule has 0 aliphatic heterocycles. The third-order valence-corrected chi connectivity index (χ3v) is 8.83. The molecule has 0 aliphatic rings. The van der Waals surface area contributed by atoms with E-state index in [9.17, 15) is 55.9 Å². The van der Waals surface area contributed by atoms with Gasteiger partial charge in [-0.15, -0.1) is 0 Å². The number of hydrogen-bond donors (Lipinski definition) is 2. The van der Waals surface area contributed by atoms with Crippen LogP contribution in [0.5, 0.6) is 0 Å². The number of alkyl halides is 4. The van der Waals surface area contributed by atoms with Crippen molar-refractivity contribution in [3.05, 3.63) is 37.0 Å². The summed E-state index contributed by atoms with van der Waals surface area (Å²) in [6.07, 6.45) is 4.57. The average molecular weight is 991 g/mol. The Bertz CT molecular complexity index is 1600. The van der Waals surface area contributed by atoms with Gasteiger partial charge in [0.05, 0.1) is 16.7 Å². The zero-order valence-electron chi connectivity index (χ0n) is 43.8. The number of hydrogen-bond acceptors (Lipinski definition) is 14. The minimum Gasteiger partial charge on any atom is -0.481 e. The summed E-state index contributed by atoms with van der Waals surface area (Å²) in [6, 6.07) is 0. The summed E-state index contributed by atoms with van der Waals surface area (Å²) in [7, 11) is 0. The van der Waals surface area contributed by atoms with Gasteiger partial charge in [0.15, 0.2) is 26.4 Å². The predicted molar refractivity (Wildman–Crippen MR) is 249 cm³/mol. The second kappa shape index (κ2) is 35.8. The van der Waals surface area contributed by atoms with Crippen molar-refractivity contribution in [3.63, 3.8) is 0 Å². The Balaban J connectivity index is -0.000000176. The van der Waals surface area contributed by atoms with E-state index in [0.29, 0.717) is 25.8 Å². The van der Waals surface area contributed by atoms with E-state index in [1.165, 1.54) is 6.92 Å². The van der Waals surface area contributed by atoms with Gasteiger partial charge >= 0.3 is 47.8 Å². The fraction of sp³-hybridized carbons (Fsp3) is 0.708. The summed E-state index contributed by atoms with van der Waals surface area (Å²) in [6.45, 7) is 36.8. The highest BCUT2D eigenvalue weighted by atomic mass is 19.3. The number of carboxylic acid groups (broad SMARTS) is 2. The van der Waals surface area contributed by atoms with Gasteiger partial charge in [-0.3, -0.25) is 14.4 Å². The molecule has 0 radical (unpaired) electrons. The molecule has 0 fully saturated rings. The Morgan fingerprint density at radius 2 is 0.868 bits per heavy atom. The van der Waals surface area contributed by atoms with Gasteiger partial charge in [0, 0.05) is 31.1 Å². The number of rotatable bonds is 21. The van der Waals surface area contributed by atoms with Crippen molar-refractivity contribution in [2.24, 2.45) is 16.7 Å². The van der Waals surface area contributed by atoms with Gasteiger partial charge in [-0.2, -0.15) is 0 Å². The van der Waals surface area contributed by atoms with Crippen molar-refractivity contribution < 1.29 is 94.6 Å². The topological polar surface area (TPSA) is 232 Å². The maximum atomic E-state index is 12.3. The quantitative estimate of drug-likeness (QED) is 0.0471. The van der Waals surface area contributed by atoms with Gasteiger partial charge < -0.3 is 38.6 Å². The van der Waals surface area contributed by atoms with Crippen LogP contribution in [-0.4, -0.2) is 107 Å². The first-order valence-corrected chi connectivity index (χ1v) is 21.7. The molecule has 0 aromatic heterocycles. The van der Waals surface area contributed by atoms with Crippen molar-refractivity contribution in [1.82, 2.24) is 0 Å². The summed E-state index contributed by atoms with van der Waals surface area (Å²) in [5.74, 6) is -11.8. The molecular weight excluding hydrogens is 909 g/mol. The van der Waals surface area contributed by atoms with Crippen LogP contribution in [0.25, 0.3) is 0 Å². The van der Waals surface area contributed by atoms with Crippen molar-refractivity contribution in [2.75, 3.05) is 26.4 Å². The van der Waals surface area contributed by atoms with Crippen LogP contribution >= 0.6 is 0 Å². The fourth-order valence-electron chi connectivity index (χ4n) is 2.40. The van der Waals surface area contributed by atoms with Crippen LogP contribution in [0.15, 0.2) is 37.0 Å². The SMILES string of the molecule is C=C(C)C(=O)OC(C)(C)CC.C=C(C)C(=O)OCC(=O)OCC(C)(F)F.C=CC(=O)O.CCC(C)(C)C(=O)OCC(=O)OCC(C)(F)F.CCC(C)(C)OC(=O)C(C)(C)CC.CCC(C)C(=O)O. The summed E-state index contributed by atoms with van der Waals surface area (Å²) >= 11 is 0. The highest BCUT2D eigenvalue weighted by Crippen LogP contribution is 2.26. The maximum absolute atomic E-state index is 12.3. The lowest BCUT2D eigenvalue weighted by Gasteiger charge is -2.29. The van der Waals surface area contributed by atoms with Crippen molar-refractivity contribution in [1.29, 1.82) is 0 Å². The van der Waals surface area contributed by atoms with Crippen LogP contribution < -0.4 is 0 Å². The van der Waals surface area contributed by atoms with Crippen molar-refractivity contribution in [2.45, 2.75) is 180 Å². The lowest BCUT2D eigenvalue weighted by atomic mass is 9.90. The molecule has 68 heavy (non-hydrogen) atoms. The Morgan fingerprint density at radius 3 is 1.12 bits per heavy atom. The lowest BCUT2D eigenvalue weighted by Crippen LogP contribution is -2.34. The lowest BCUT2D eigenvalue weighted by molar-refractivity contribution is -0.169. The van der Waals surface area contributed by atoms with Crippen LogP contribution in [0, 0.1) is 16.7 Å². The van der Waals surface area contributed by atoms with E-state index in [2.05, 4.69) is 38.7 Å². The van der Waals surface area contributed by atoms with E-state index in [1.807, 2.05) is 69.2 Å². The van der Waals surface area contributed by atoms with E-state index in [1.54, 1.807) is 34.6 Å². The third kappa shape index (κ3) is 48.6. The first kappa shape index (κ1) is 74.2. The molecule has 0 heterocycles. The van der Waals surface area contributed by atoms with Crippen LogP contribution in [0.4, 0.5) is 17.6 Å². The van der Waals surface area contributed by atoms with Gasteiger partial charge in [-0.05, 0) is 101 Å². The highest BCUT2D eigenvalue weighted by Gasteiger charge is 2.32. The summed E-state index contributed by atoms with van der Waals surface area (Å²) < 4.78 is 77.0. The van der Waals surface area contributed by atoms with Crippen molar-refractivity contribution in [3.8, 4) is 0 Å². The minimum absolute atomic E-state index is 0.0955. The summed E-state index contributed by atoms with van der Waals surface area (Å²) in [5, 5.41) is 15.8. The molecule has 0 aromatic carbocycles. The molecule has 0 bridgehead atoms. The molecule has 0 saturated heterocycles. The molecule has 0 amide bonds. The number of carboxylic acids is 2. The van der Waals surface area contributed by atoms with E-state index in [-0.39, 0.29) is 40.0 Å². The maximum Gasteiger partial charge on any atom is 0.344 e. The largest absolute Gasteiger partial charge is 0.481 e. The first-order chi connectivity index (χ1) is 30.4. The summed E-state index contributed by atoms with van der Waals surface area (Å²) in [5.41, 5.74) is -1.18. The number of aliphatic carboxylic acids is 2.